The minimum atomic E-state index is -5.23. The predicted molar refractivity (Wildman–Crippen MR) is 147 cm³/mol. The average molecular weight is 581 g/mol. The molecular formula is C27H43F3N2O6S. The van der Waals surface area contributed by atoms with E-state index in [1.54, 1.807) is 23.5 Å². The highest BCUT2D eigenvalue weighted by atomic mass is 32.2. The van der Waals surface area contributed by atoms with E-state index in [0.717, 1.165) is 24.6 Å². The van der Waals surface area contributed by atoms with Crippen molar-refractivity contribution in [2.45, 2.75) is 94.7 Å². The average Bonchev–Trinajstić information content (AvgIpc) is 2.88. The lowest BCUT2D eigenvalue weighted by molar-refractivity contribution is -0.174. The van der Waals surface area contributed by atoms with E-state index in [-0.39, 0.29) is 12.4 Å². The van der Waals surface area contributed by atoms with Gasteiger partial charge in [-0.2, -0.15) is 13.2 Å². The summed E-state index contributed by atoms with van der Waals surface area (Å²) in [6, 6.07) is -1.68. The quantitative estimate of drug-likeness (QED) is 0.0953. The van der Waals surface area contributed by atoms with Crippen molar-refractivity contribution < 1.29 is 42.9 Å². The van der Waals surface area contributed by atoms with Crippen LogP contribution in [0.15, 0.2) is 36.5 Å². The molecule has 0 saturated heterocycles. The second-order valence-corrected chi connectivity index (χ2v) is 10.2. The number of carboxylic acid groups (broad SMARTS) is 1. The highest BCUT2D eigenvalue weighted by Gasteiger charge is 2.41. The standard InChI is InChI=1S/C27H43F3N2O6S/c1-2-3-4-5-6-7-8-9-10-11-12-13-17-23(22(34)16-14-15-18-33)39-20-21(25(37)31-19-24(35)36)32-26(38)27(28,29)30/h9-13,17,21-23,33-34H,2-8,14-16,18-20H2,1H3,(H,31,37)(H,32,38)(H,35,36)/t21?,22-,23+/m1/s1. The monoisotopic (exact) mass is 580 g/mol. The Morgan fingerprint density at radius 1 is 0.949 bits per heavy atom. The number of nitrogens with one attached hydrogen (secondary N) is 2. The Hall–Kier alpha value is -2.31. The van der Waals surface area contributed by atoms with Crippen LogP contribution >= 0.6 is 11.8 Å². The summed E-state index contributed by atoms with van der Waals surface area (Å²) in [7, 11) is 0. The molecule has 0 aliphatic heterocycles. The number of halogens is 3. The summed E-state index contributed by atoms with van der Waals surface area (Å²) >= 11 is 0.952. The third-order valence-electron chi connectivity index (χ3n) is 5.53. The van der Waals surface area contributed by atoms with Crippen molar-refractivity contribution in [2.75, 3.05) is 18.9 Å². The van der Waals surface area contributed by atoms with Crippen molar-refractivity contribution in [1.82, 2.24) is 10.6 Å². The van der Waals surface area contributed by atoms with Crippen molar-refractivity contribution in [3.63, 3.8) is 0 Å². The molecule has 0 heterocycles. The molecule has 0 aliphatic rings. The number of aliphatic hydroxyl groups excluding tert-OH is 2. The van der Waals surface area contributed by atoms with Crippen molar-refractivity contribution >= 4 is 29.5 Å². The summed E-state index contributed by atoms with van der Waals surface area (Å²) in [5.74, 6) is -5.16. The number of allylic oxidation sites excluding steroid dienone is 5. The number of hydrogen-bond donors (Lipinski definition) is 5. The maximum absolute atomic E-state index is 12.8. The largest absolute Gasteiger partial charge is 0.480 e. The number of carboxylic acids is 1. The number of carbonyl (C=O) groups is 3. The molecule has 8 nitrogen and oxygen atoms in total. The van der Waals surface area contributed by atoms with Gasteiger partial charge in [-0.25, -0.2) is 0 Å². The van der Waals surface area contributed by atoms with Crippen LogP contribution in [-0.4, -0.2) is 75.6 Å². The fraction of sp³-hybridized carbons (Fsp3) is 0.667. The van der Waals surface area contributed by atoms with Crippen molar-refractivity contribution in [3.05, 3.63) is 36.5 Å². The lowest BCUT2D eigenvalue weighted by Gasteiger charge is -2.23. The first-order valence-electron chi connectivity index (χ1n) is 13.3. The Balaban J connectivity index is 5.17. The van der Waals surface area contributed by atoms with Crippen molar-refractivity contribution in [2.24, 2.45) is 0 Å². The topological polar surface area (TPSA) is 136 Å². The van der Waals surface area contributed by atoms with Crippen LogP contribution < -0.4 is 10.6 Å². The van der Waals surface area contributed by atoms with Gasteiger partial charge in [-0.15, -0.1) is 11.8 Å². The molecule has 0 aromatic carbocycles. The Morgan fingerprint density at radius 2 is 1.62 bits per heavy atom. The van der Waals surface area contributed by atoms with E-state index in [1.807, 2.05) is 17.5 Å². The molecule has 3 atom stereocenters. The number of unbranched alkanes of at least 4 members (excludes halogenated alkanes) is 7. The molecule has 5 N–H and O–H groups in total. The number of carbonyl (C=O) groups excluding carboxylic acids is 2. The van der Waals surface area contributed by atoms with E-state index in [4.69, 9.17) is 10.2 Å². The van der Waals surface area contributed by atoms with Crippen LogP contribution in [-0.2, 0) is 14.4 Å². The van der Waals surface area contributed by atoms with Gasteiger partial charge >= 0.3 is 18.1 Å². The van der Waals surface area contributed by atoms with Crippen LogP contribution in [0, 0.1) is 0 Å². The molecule has 2 amide bonds. The van der Waals surface area contributed by atoms with Crippen LogP contribution in [0.25, 0.3) is 0 Å². The Bertz CT molecular complexity index is 790. The summed E-state index contributed by atoms with van der Waals surface area (Å²) in [6.07, 6.45) is 14.2. The first-order chi connectivity index (χ1) is 18.5. The highest BCUT2D eigenvalue weighted by molar-refractivity contribution is 8.00. The minimum Gasteiger partial charge on any atom is -0.480 e. The summed E-state index contributed by atoms with van der Waals surface area (Å²) < 4.78 is 38.3. The van der Waals surface area contributed by atoms with Crippen molar-refractivity contribution in [1.29, 1.82) is 0 Å². The molecule has 1 unspecified atom stereocenters. The van der Waals surface area contributed by atoms with Gasteiger partial charge in [0, 0.05) is 17.6 Å². The Kier molecular flexibility index (Phi) is 21.2. The number of hydrogen-bond acceptors (Lipinski definition) is 6. The fourth-order valence-electron chi connectivity index (χ4n) is 3.36. The van der Waals surface area contributed by atoms with Gasteiger partial charge in [-0.1, -0.05) is 75.5 Å². The van der Waals surface area contributed by atoms with E-state index in [1.165, 1.54) is 32.1 Å². The molecule has 12 heteroatoms. The minimum absolute atomic E-state index is 0.0521. The molecule has 0 aromatic rings. The highest BCUT2D eigenvalue weighted by Crippen LogP contribution is 2.22. The molecule has 0 saturated carbocycles. The molecule has 0 aliphatic carbocycles. The van der Waals surface area contributed by atoms with Crippen LogP contribution in [0.3, 0.4) is 0 Å². The number of aliphatic hydroxyl groups is 2. The summed E-state index contributed by atoms with van der Waals surface area (Å²) in [6.45, 7) is 1.30. The summed E-state index contributed by atoms with van der Waals surface area (Å²) in [5.41, 5.74) is 0. The van der Waals surface area contributed by atoms with Crippen LogP contribution in [0.1, 0.15) is 71.1 Å². The molecule has 0 radical (unpaired) electrons. The molecule has 0 bridgehead atoms. The SMILES string of the molecule is CCCCCCCCC=CC=CC=C[C@H](SCC(NC(=O)C(F)(F)F)C(=O)NCC(=O)O)[C@H](O)CCCCO. The molecular weight excluding hydrogens is 537 g/mol. The lowest BCUT2D eigenvalue weighted by atomic mass is 10.1. The maximum atomic E-state index is 12.8. The zero-order valence-electron chi connectivity index (χ0n) is 22.5. The maximum Gasteiger partial charge on any atom is 0.471 e. The lowest BCUT2D eigenvalue weighted by Crippen LogP contribution is -2.52. The van der Waals surface area contributed by atoms with E-state index in [2.05, 4.69) is 13.0 Å². The molecule has 39 heavy (non-hydrogen) atoms. The molecule has 0 aromatic heterocycles. The van der Waals surface area contributed by atoms with Gasteiger partial charge in [0.2, 0.25) is 5.91 Å². The Labute approximate surface area is 233 Å². The van der Waals surface area contributed by atoms with Crippen LogP contribution in [0.5, 0.6) is 0 Å². The summed E-state index contributed by atoms with van der Waals surface area (Å²) in [5, 5.41) is 31.2. The van der Waals surface area contributed by atoms with E-state index < -0.39 is 47.9 Å². The first kappa shape index (κ1) is 36.7. The van der Waals surface area contributed by atoms with Gasteiger partial charge in [-0.3, -0.25) is 14.4 Å². The number of rotatable bonds is 22. The van der Waals surface area contributed by atoms with Gasteiger partial charge in [0.25, 0.3) is 0 Å². The van der Waals surface area contributed by atoms with Gasteiger partial charge < -0.3 is 26.0 Å². The van der Waals surface area contributed by atoms with Gasteiger partial charge in [0.05, 0.1) is 6.10 Å². The van der Waals surface area contributed by atoms with Gasteiger partial charge in [0.15, 0.2) is 0 Å². The van der Waals surface area contributed by atoms with E-state index in [0.29, 0.717) is 19.3 Å². The first-order valence-corrected chi connectivity index (χ1v) is 14.4. The molecule has 0 spiro atoms. The van der Waals surface area contributed by atoms with E-state index in [9.17, 15) is 32.7 Å². The second-order valence-electron chi connectivity index (χ2n) is 8.97. The third-order valence-corrected chi connectivity index (χ3v) is 6.91. The molecule has 0 rings (SSSR count). The Morgan fingerprint density at radius 3 is 2.26 bits per heavy atom. The number of alkyl halides is 3. The van der Waals surface area contributed by atoms with Crippen LogP contribution in [0.2, 0.25) is 0 Å². The number of thioether (sulfide) groups is 1. The zero-order valence-corrected chi connectivity index (χ0v) is 23.3. The molecule has 0 fully saturated rings. The molecule has 224 valence electrons. The number of amides is 2. The van der Waals surface area contributed by atoms with Gasteiger partial charge in [-0.05, 0) is 32.1 Å². The summed E-state index contributed by atoms with van der Waals surface area (Å²) in [4.78, 5) is 34.4. The van der Waals surface area contributed by atoms with E-state index >= 15 is 0 Å². The normalized spacial score (nSPS) is 14.6. The number of aliphatic carboxylic acids is 1. The third kappa shape index (κ3) is 20.3. The van der Waals surface area contributed by atoms with Crippen molar-refractivity contribution in [3.8, 4) is 0 Å². The fourth-order valence-corrected chi connectivity index (χ4v) is 4.57. The van der Waals surface area contributed by atoms with Crippen LogP contribution in [0.4, 0.5) is 13.2 Å². The predicted octanol–water partition coefficient (Wildman–Crippen LogP) is 4.28. The smallest absolute Gasteiger partial charge is 0.471 e. The van der Waals surface area contributed by atoms with Gasteiger partial charge in [0.1, 0.15) is 12.6 Å². The second kappa shape index (κ2) is 22.5. The zero-order chi connectivity index (χ0) is 29.5.